The standard InChI is InChI=1S/C27H37NO4S/c1-4-5-6-10-24(29)20-11-13-22(14-12-20)28-21(15-18-26(28)30)8-7-9-23-16-17-25(33-23)27(31)32-19(2)3/h11-14,16-17,19,21,24,29H,4-10,15,18H2,1-3H3/t21-,24?/m1/s1. The van der Waals surface area contributed by atoms with E-state index >= 15 is 0 Å². The van der Waals surface area contributed by atoms with Crippen molar-refractivity contribution in [2.24, 2.45) is 0 Å². The molecular weight excluding hydrogens is 434 g/mol. The number of aryl methyl sites for hydroxylation is 1. The van der Waals surface area contributed by atoms with Crippen LogP contribution in [-0.4, -0.2) is 29.1 Å². The Bertz CT molecular complexity index is 905. The maximum Gasteiger partial charge on any atom is 0.348 e. The minimum absolute atomic E-state index is 0.118. The number of ether oxygens (including phenoxy) is 1. The van der Waals surface area contributed by atoms with Crippen LogP contribution >= 0.6 is 11.3 Å². The SMILES string of the molecule is CCCCCC(O)c1ccc(N2C(=O)CC[C@H]2CCCc2ccc(C(=O)OC(C)C)s2)cc1. The van der Waals surface area contributed by atoms with Gasteiger partial charge in [-0.25, -0.2) is 4.79 Å². The fraction of sp³-hybridized carbons (Fsp3) is 0.556. The number of hydrogen-bond acceptors (Lipinski definition) is 5. The van der Waals surface area contributed by atoms with Gasteiger partial charge in [0, 0.05) is 23.0 Å². The van der Waals surface area contributed by atoms with Gasteiger partial charge in [-0.05, 0) is 75.8 Å². The summed E-state index contributed by atoms with van der Waals surface area (Å²) in [6, 6.07) is 11.9. The molecule has 1 fully saturated rings. The van der Waals surface area contributed by atoms with Gasteiger partial charge in [0.25, 0.3) is 0 Å². The molecule has 1 aliphatic heterocycles. The molecule has 1 N–H and O–H groups in total. The zero-order valence-electron chi connectivity index (χ0n) is 20.1. The first-order valence-corrected chi connectivity index (χ1v) is 13.1. The van der Waals surface area contributed by atoms with Crippen molar-refractivity contribution in [3.8, 4) is 0 Å². The Kier molecular flexibility index (Phi) is 9.51. The zero-order valence-corrected chi connectivity index (χ0v) is 20.9. The van der Waals surface area contributed by atoms with Gasteiger partial charge < -0.3 is 14.7 Å². The van der Waals surface area contributed by atoms with Crippen molar-refractivity contribution in [3.05, 3.63) is 51.7 Å². The second-order valence-electron chi connectivity index (χ2n) is 9.17. The fourth-order valence-electron chi connectivity index (χ4n) is 4.39. The third kappa shape index (κ3) is 7.15. The second kappa shape index (κ2) is 12.3. The largest absolute Gasteiger partial charge is 0.459 e. The van der Waals surface area contributed by atoms with Crippen LogP contribution in [0, 0.1) is 0 Å². The summed E-state index contributed by atoms with van der Waals surface area (Å²) in [6.07, 6.45) is 7.74. The van der Waals surface area contributed by atoms with Crippen LogP contribution in [0.4, 0.5) is 5.69 Å². The molecule has 2 heterocycles. The Labute approximate surface area is 201 Å². The van der Waals surface area contributed by atoms with E-state index in [-0.39, 0.29) is 24.0 Å². The van der Waals surface area contributed by atoms with Crippen LogP contribution in [0.2, 0.25) is 0 Å². The monoisotopic (exact) mass is 471 g/mol. The number of unbranched alkanes of at least 4 members (excludes halogenated alkanes) is 2. The highest BCUT2D eigenvalue weighted by molar-refractivity contribution is 7.13. The molecule has 6 heteroatoms. The summed E-state index contributed by atoms with van der Waals surface area (Å²) in [6.45, 7) is 5.86. The lowest BCUT2D eigenvalue weighted by molar-refractivity contribution is -0.117. The van der Waals surface area contributed by atoms with Gasteiger partial charge in [0.2, 0.25) is 5.91 Å². The normalized spacial score (nSPS) is 17.1. The highest BCUT2D eigenvalue weighted by Gasteiger charge is 2.31. The molecule has 2 atom stereocenters. The fourth-order valence-corrected chi connectivity index (χ4v) is 5.32. The molecule has 0 radical (unpaired) electrons. The smallest absolute Gasteiger partial charge is 0.348 e. The van der Waals surface area contributed by atoms with Gasteiger partial charge in [0.15, 0.2) is 0 Å². The van der Waals surface area contributed by atoms with Crippen LogP contribution in [0.3, 0.4) is 0 Å². The second-order valence-corrected chi connectivity index (χ2v) is 10.3. The number of aliphatic hydroxyl groups is 1. The van der Waals surface area contributed by atoms with Crippen molar-refractivity contribution in [1.82, 2.24) is 0 Å². The summed E-state index contributed by atoms with van der Waals surface area (Å²) < 4.78 is 5.27. The van der Waals surface area contributed by atoms with Crippen molar-refractivity contribution in [3.63, 3.8) is 0 Å². The lowest BCUT2D eigenvalue weighted by Crippen LogP contribution is -2.32. The average molecular weight is 472 g/mol. The quantitative estimate of drug-likeness (QED) is 0.285. The molecule has 1 aliphatic rings. The van der Waals surface area contributed by atoms with E-state index in [1.165, 1.54) is 16.2 Å². The Balaban J connectivity index is 1.54. The number of nitrogens with zero attached hydrogens (tertiary/aromatic N) is 1. The van der Waals surface area contributed by atoms with E-state index in [4.69, 9.17) is 4.74 Å². The highest BCUT2D eigenvalue weighted by Crippen LogP contribution is 2.31. The van der Waals surface area contributed by atoms with Gasteiger partial charge in [-0.15, -0.1) is 11.3 Å². The molecule has 2 aromatic rings. The number of amides is 1. The summed E-state index contributed by atoms with van der Waals surface area (Å²) in [5.74, 6) is -0.0844. The predicted molar refractivity (Wildman–Crippen MR) is 134 cm³/mol. The predicted octanol–water partition coefficient (Wildman–Crippen LogP) is 6.45. The van der Waals surface area contributed by atoms with E-state index in [1.807, 2.05) is 55.1 Å². The van der Waals surface area contributed by atoms with E-state index in [0.29, 0.717) is 11.3 Å². The molecule has 0 spiro atoms. The number of thiophene rings is 1. The number of benzene rings is 1. The summed E-state index contributed by atoms with van der Waals surface area (Å²) in [5.41, 5.74) is 1.84. The summed E-state index contributed by atoms with van der Waals surface area (Å²) >= 11 is 1.50. The van der Waals surface area contributed by atoms with Crippen LogP contribution in [0.15, 0.2) is 36.4 Å². The van der Waals surface area contributed by atoms with Crippen LogP contribution in [-0.2, 0) is 16.0 Å². The van der Waals surface area contributed by atoms with Gasteiger partial charge in [-0.1, -0.05) is 38.3 Å². The number of hydrogen-bond donors (Lipinski definition) is 1. The van der Waals surface area contributed by atoms with Gasteiger partial charge in [0.1, 0.15) is 4.88 Å². The number of aliphatic hydroxyl groups excluding tert-OH is 1. The number of carbonyl (C=O) groups is 2. The third-order valence-electron chi connectivity index (χ3n) is 6.13. The van der Waals surface area contributed by atoms with Crippen molar-refractivity contribution in [2.45, 2.75) is 96.8 Å². The molecule has 1 amide bonds. The molecule has 180 valence electrons. The molecule has 1 aromatic carbocycles. The maximum absolute atomic E-state index is 12.6. The average Bonchev–Trinajstić information content (AvgIpc) is 3.40. The van der Waals surface area contributed by atoms with Crippen molar-refractivity contribution in [1.29, 1.82) is 0 Å². The topological polar surface area (TPSA) is 66.8 Å². The number of esters is 1. The lowest BCUT2D eigenvalue weighted by Gasteiger charge is -2.25. The Morgan fingerprint density at radius 2 is 1.91 bits per heavy atom. The summed E-state index contributed by atoms with van der Waals surface area (Å²) in [7, 11) is 0. The minimum atomic E-state index is -0.441. The van der Waals surface area contributed by atoms with E-state index in [9.17, 15) is 14.7 Å². The van der Waals surface area contributed by atoms with E-state index < -0.39 is 6.10 Å². The van der Waals surface area contributed by atoms with E-state index in [2.05, 4.69) is 6.92 Å². The first-order valence-electron chi connectivity index (χ1n) is 12.3. The van der Waals surface area contributed by atoms with Gasteiger partial charge in [-0.3, -0.25) is 4.79 Å². The molecule has 0 saturated carbocycles. The molecule has 0 aliphatic carbocycles. The minimum Gasteiger partial charge on any atom is -0.459 e. The van der Waals surface area contributed by atoms with Crippen LogP contribution in [0.5, 0.6) is 0 Å². The number of anilines is 1. The maximum atomic E-state index is 12.6. The molecule has 0 bridgehead atoms. The summed E-state index contributed by atoms with van der Waals surface area (Å²) in [5, 5.41) is 10.4. The molecular formula is C27H37NO4S. The van der Waals surface area contributed by atoms with Crippen LogP contribution in [0.25, 0.3) is 0 Å². The number of carbonyl (C=O) groups excluding carboxylic acids is 2. The van der Waals surface area contributed by atoms with Crippen molar-refractivity contribution < 1.29 is 19.4 Å². The first kappa shape index (κ1) is 25.4. The van der Waals surface area contributed by atoms with Crippen LogP contribution < -0.4 is 4.90 Å². The molecule has 1 unspecified atom stereocenters. The molecule has 1 saturated heterocycles. The molecule has 33 heavy (non-hydrogen) atoms. The molecule has 3 rings (SSSR count). The third-order valence-corrected chi connectivity index (χ3v) is 7.25. The van der Waals surface area contributed by atoms with E-state index in [1.54, 1.807) is 0 Å². The van der Waals surface area contributed by atoms with Crippen molar-refractivity contribution in [2.75, 3.05) is 4.90 Å². The Morgan fingerprint density at radius 3 is 2.61 bits per heavy atom. The molecule has 1 aromatic heterocycles. The number of rotatable bonds is 12. The van der Waals surface area contributed by atoms with Gasteiger partial charge >= 0.3 is 5.97 Å². The zero-order chi connectivity index (χ0) is 23.8. The lowest BCUT2D eigenvalue weighted by atomic mass is 10.0. The van der Waals surface area contributed by atoms with Gasteiger partial charge in [0.05, 0.1) is 12.2 Å². The molecule has 5 nitrogen and oxygen atoms in total. The van der Waals surface area contributed by atoms with Crippen molar-refractivity contribution >= 4 is 28.9 Å². The Morgan fingerprint density at radius 1 is 1.15 bits per heavy atom. The highest BCUT2D eigenvalue weighted by atomic mass is 32.1. The first-order chi connectivity index (χ1) is 15.9. The summed E-state index contributed by atoms with van der Waals surface area (Å²) in [4.78, 5) is 28.4. The van der Waals surface area contributed by atoms with E-state index in [0.717, 1.165) is 62.6 Å². The van der Waals surface area contributed by atoms with Crippen LogP contribution in [0.1, 0.15) is 98.4 Å². The Hall–Kier alpha value is -2.18. The van der Waals surface area contributed by atoms with Gasteiger partial charge in [-0.2, -0.15) is 0 Å².